The molecule has 0 amide bonds. The van der Waals surface area contributed by atoms with Crippen LogP contribution in [0.2, 0.25) is 0 Å². The molecule has 1 unspecified atom stereocenters. The molecular weight excluding hydrogens is 350 g/mol. The minimum atomic E-state index is -0.858. The molecule has 0 aliphatic carbocycles. The van der Waals surface area contributed by atoms with Gasteiger partial charge in [-0.15, -0.1) is 0 Å². The van der Waals surface area contributed by atoms with Crippen LogP contribution in [0.3, 0.4) is 0 Å². The summed E-state index contributed by atoms with van der Waals surface area (Å²) in [5.74, 6) is 1.62. The molecule has 1 spiro atoms. The number of aromatic amines is 1. The number of benzene rings is 1. The Labute approximate surface area is 134 Å². The molecule has 22 heavy (non-hydrogen) atoms. The van der Waals surface area contributed by atoms with Gasteiger partial charge in [-0.1, -0.05) is 15.9 Å². The molecule has 3 N–H and O–H groups in total. The molecule has 112 valence electrons. The first kappa shape index (κ1) is 13.5. The summed E-state index contributed by atoms with van der Waals surface area (Å²) < 4.78 is 12.4. The van der Waals surface area contributed by atoms with Crippen LogP contribution in [0.1, 0.15) is 11.1 Å². The lowest BCUT2D eigenvalue weighted by atomic mass is 9.81. The van der Waals surface area contributed by atoms with Gasteiger partial charge >= 0.3 is 0 Å². The van der Waals surface area contributed by atoms with Crippen LogP contribution in [0, 0.1) is 0 Å². The van der Waals surface area contributed by atoms with Crippen molar-refractivity contribution in [2.75, 3.05) is 13.2 Å². The number of hydrogen-bond acceptors (Lipinski definition) is 5. The Bertz CT molecular complexity index is 861. The first-order chi connectivity index (χ1) is 10.6. The smallest absolute Gasteiger partial charge is 0.248 e. The van der Waals surface area contributed by atoms with Crippen LogP contribution in [0.25, 0.3) is 0 Å². The van der Waals surface area contributed by atoms with Crippen molar-refractivity contribution in [1.29, 1.82) is 0 Å². The molecule has 0 fully saturated rings. The zero-order valence-corrected chi connectivity index (χ0v) is 13.0. The third-order valence-corrected chi connectivity index (χ3v) is 4.33. The molecule has 7 heteroatoms. The summed E-state index contributed by atoms with van der Waals surface area (Å²) in [4.78, 5) is 19.1. The number of rotatable bonds is 0. The summed E-state index contributed by atoms with van der Waals surface area (Å²) in [5.41, 5.74) is 6.32. The number of pyridine rings is 1. The Morgan fingerprint density at radius 3 is 2.91 bits per heavy atom. The molecule has 1 aromatic heterocycles. The largest absolute Gasteiger partial charge is 0.455 e. The van der Waals surface area contributed by atoms with E-state index in [0.29, 0.717) is 29.5 Å². The molecule has 2 aliphatic heterocycles. The van der Waals surface area contributed by atoms with Crippen molar-refractivity contribution >= 4 is 21.8 Å². The third kappa shape index (κ3) is 1.89. The van der Waals surface area contributed by atoms with E-state index in [9.17, 15) is 4.79 Å². The molecule has 1 atom stereocenters. The predicted molar refractivity (Wildman–Crippen MR) is 84.5 cm³/mol. The third-order valence-electron chi connectivity index (χ3n) is 3.83. The van der Waals surface area contributed by atoms with Gasteiger partial charge in [-0.2, -0.15) is 0 Å². The second-order valence-corrected chi connectivity index (χ2v) is 6.19. The van der Waals surface area contributed by atoms with Crippen molar-refractivity contribution in [3.8, 4) is 11.5 Å². The van der Waals surface area contributed by atoms with Crippen LogP contribution < -0.4 is 16.0 Å². The zero-order chi connectivity index (χ0) is 15.3. The summed E-state index contributed by atoms with van der Waals surface area (Å²) in [6, 6.07) is 7.16. The number of nitrogens with two attached hydrogens (primary N) is 1. The lowest BCUT2D eigenvalue weighted by Crippen LogP contribution is -2.42. The fourth-order valence-corrected chi connectivity index (χ4v) is 3.29. The fourth-order valence-electron chi connectivity index (χ4n) is 2.93. The Morgan fingerprint density at radius 1 is 1.27 bits per heavy atom. The fraction of sp³-hybridized carbons (Fsp3) is 0.200. The van der Waals surface area contributed by atoms with Gasteiger partial charge in [0.25, 0.3) is 0 Å². The van der Waals surface area contributed by atoms with Crippen molar-refractivity contribution in [1.82, 2.24) is 4.98 Å². The average molecular weight is 362 g/mol. The molecule has 2 aliphatic rings. The first-order valence-corrected chi connectivity index (χ1v) is 7.51. The second kappa shape index (κ2) is 4.69. The van der Waals surface area contributed by atoms with E-state index in [1.165, 1.54) is 6.07 Å². The molecule has 0 saturated heterocycles. The number of fused-ring (bicyclic) bond motifs is 4. The van der Waals surface area contributed by atoms with Crippen LogP contribution >= 0.6 is 15.9 Å². The molecule has 1 aromatic carbocycles. The lowest BCUT2D eigenvalue weighted by Gasteiger charge is -2.39. The van der Waals surface area contributed by atoms with E-state index < -0.39 is 5.54 Å². The van der Waals surface area contributed by atoms with Crippen LogP contribution in [0.15, 0.2) is 44.7 Å². The van der Waals surface area contributed by atoms with Crippen molar-refractivity contribution in [3.63, 3.8) is 0 Å². The van der Waals surface area contributed by atoms with E-state index in [1.54, 1.807) is 6.20 Å². The molecule has 2 aromatic rings. The predicted octanol–water partition coefficient (Wildman–Crippen LogP) is 1.87. The number of H-pyrrole nitrogens is 1. The maximum absolute atomic E-state index is 11.8. The van der Waals surface area contributed by atoms with Gasteiger partial charge in [0.1, 0.15) is 29.5 Å². The summed E-state index contributed by atoms with van der Waals surface area (Å²) in [6.07, 6.45) is 1.55. The van der Waals surface area contributed by atoms with Gasteiger partial charge in [-0.3, -0.25) is 9.79 Å². The Morgan fingerprint density at radius 2 is 2.09 bits per heavy atom. The summed E-state index contributed by atoms with van der Waals surface area (Å²) in [5, 5.41) is 0. The van der Waals surface area contributed by atoms with E-state index >= 15 is 0 Å². The highest BCUT2D eigenvalue weighted by Gasteiger charge is 2.45. The average Bonchev–Trinajstić information content (AvgIpc) is 2.49. The summed E-state index contributed by atoms with van der Waals surface area (Å²) >= 11 is 3.47. The van der Waals surface area contributed by atoms with E-state index in [2.05, 4.69) is 25.9 Å². The molecule has 0 bridgehead atoms. The standard InChI is InChI=1S/C15H12BrN3O3/c16-8-1-2-11-9(3-8)15(7-21-6-13(17)19-15)10-4-14(20)18-5-12(10)22-11/h1-5H,6-7H2,(H2,17,19)(H,18,20). The maximum Gasteiger partial charge on any atom is 0.248 e. The maximum atomic E-state index is 11.8. The van der Waals surface area contributed by atoms with Gasteiger partial charge < -0.3 is 20.2 Å². The quantitative estimate of drug-likeness (QED) is 0.749. The highest BCUT2D eigenvalue weighted by atomic mass is 79.9. The summed E-state index contributed by atoms with van der Waals surface area (Å²) in [6.45, 7) is 0.585. The number of nitrogens with zero attached hydrogens (tertiary/aromatic N) is 1. The molecule has 6 nitrogen and oxygen atoms in total. The number of halogens is 1. The SMILES string of the molecule is NC1=NC2(COC1)c1cc(Br)ccc1Oc1c[nH]c(=O)cc12. The van der Waals surface area contributed by atoms with Gasteiger partial charge in [0.2, 0.25) is 5.56 Å². The van der Waals surface area contributed by atoms with E-state index in [1.807, 2.05) is 18.2 Å². The van der Waals surface area contributed by atoms with Gasteiger partial charge in [0.15, 0.2) is 0 Å². The number of ether oxygens (including phenoxy) is 2. The number of nitrogens with one attached hydrogen (secondary N) is 1. The van der Waals surface area contributed by atoms with E-state index in [4.69, 9.17) is 15.2 Å². The van der Waals surface area contributed by atoms with Crippen molar-refractivity contribution in [3.05, 3.63) is 56.4 Å². The van der Waals surface area contributed by atoms with Crippen molar-refractivity contribution < 1.29 is 9.47 Å². The first-order valence-electron chi connectivity index (χ1n) is 6.71. The zero-order valence-electron chi connectivity index (χ0n) is 11.4. The topological polar surface area (TPSA) is 89.7 Å². The Balaban J connectivity index is 2.08. The molecule has 0 radical (unpaired) electrons. The van der Waals surface area contributed by atoms with Crippen molar-refractivity contribution in [2.24, 2.45) is 10.7 Å². The van der Waals surface area contributed by atoms with Gasteiger partial charge in [0.05, 0.1) is 6.61 Å². The van der Waals surface area contributed by atoms with E-state index in [-0.39, 0.29) is 12.2 Å². The number of hydrogen-bond donors (Lipinski definition) is 2. The summed E-state index contributed by atoms with van der Waals surface area (Å²) in [7, 11) is 0. The molecule has 3 heterocycles. The minimum absolute atomic E-state index is 0.223. The van der Waals surface area contributed by atoms with Gasteiger partial charge in [0, 0.05) is 27.9 Å². The lowest BCUT2D eigenvalue weighted by molar-refractivity contribution is 0.109. The highest BCUT2D eigenvalue weighted by Crippen LogP contribution is 2.49. The monoisotopic (exact) mass is 361 g/mol. The van der Waals surface area contributed by atoms with Gasteiger partial charge in [-0.05, 0) is 18.2 Å². The van der Waals surface area contributed by atoms with E-state index in [0.717, 1.165) is 10.0 Å². The number of aromatic nitrogens is 1. The van der Waals surface area contributed by atoms with Gasteiger partial charge in [-0.25, -0.2) is 0 Å². The van der Waals surface area contributed by atoms with Crippen LogP contribution in [0.5, 0.6) is 11.5 Å². The Hall–Kier alpha value is -2.12. The Kier molecular flexibility index (Phi) is 2.88. The minimum Gasteiger partial charge on any atom is -0.455 e. The van der Waals surface area contributed by atoms with Crippen LogP contribution in [-0.2, 0) is 10.3 Å². The van der Waals surface area contributed by atoms with Crippen LogP contribution in [0.4, 0.5) is 0 Å². The molecule has 4 rings (SSSR count). The molecule has 0 saturated carbocycles. The highest BCUT2D eigenvalue weighted by molar-refractivity contribution is 9.10. The van der Waals surface area contributed by atoms with Crippen molar-refractivity contribution in [2.45, 2.75) is 5.54 Å². The molecular formula is C15H12BrN3O3. The second-order valence-electron chi connectivity index (χ2n) is 5.27. The number of aliphatic imine (C=N–C) groups is 1. The van der Waals surface area contributed by atoms with Crippen LogP contribution in [-0.4, -0.2) is 24.0 Å². The number of amidine groups is 1. The normalized spacial score (nSPS) is 22.5.